The lowest BCUT2D eigenvalue weighted by Crippen LogP contribution is -2.30. The standard InChI is InChI=1S/C17H28N2/c1-5-13-19(15(3)4)14-17-9-7-16(8-10-17)11-12-18-6-2/h5,7-10,15,18H,1,6,11-14H2,2-4H3. The molecule has 0 spiro atoms. The third-order valence-corrected chi connectivity index (χ3v) is 3.34. The van der Waals surface area contributed by atoms with E-state index in [9.17, 15) is 0 Å². The molecule has 1 rings (SSSR count). The van der Waals surface area contributed by atoms with Crippen molar-refractivity contribution in [3.05, 3.63) is 48.0 Å². The Morgan fingerprint density at radius 2 is 1.84 bits per heavy atom. The molecule has 0 amide bonds. The maximum atomic E-state index is 3.83. The predicted molar refractivity (Wildman–Crippen MR) is 84.4 cm³/mol. The minimum atomic E-state index is 0.548. The van der Waals surface area contributed by atoms with Crippen LogP contribution < -0.4 is 5.32 Å². The van der Waals surface area contributed by atoms with E-state index in [1.807, 2.05) is 6.08 Å². The molecule has 0 fully saturated rings. The summed E-state index contributed by atoms with van der Waals surface area (Å²) in [5.41, 5.74) is 2.78. The van der Waals surface area contributed by atoms with Crippen LogP contribution in [0, 0.1) is 0 Å². The second-order valence-corrected chi connectivity index (χ2v) is 5.23. The van der Waals surface area contributed by atoms with Crippen molar-refractivity contribution >= 4 is 0 Å². The van der Waals surface area contributed by atoms with Gasteiger partial charge >= 0.3 is 0 Å². The van der Waals surface area contributed by atoms with E-state index in [-0.39, 0.29) is 0 Å². The van der Waals surface area contributed by atoms with Gasteiger partial charge in [0.2, 0.25) is 0 Å². The monoisotopic (exact) mass is 260 g/mol. The first-order valence-electron chi connectivity index (χ1n) is 7.30. The van der Waals surface area contributed by atoms with Crippen LogP contribution in [0.5, 0.6) is 0 Å². The van der Waals surface area contributed by atoms with Gasteiger partial charge in [0.25, 0.3) is 0 Å². The quantitative estimate of drug-likeness (QED) is 0.542. The maximum Gasteiger partial charge on any atom is 0.0239 e. The number of hydrogen-bond acceptors (Lipinski definition) is 2. The van der Waals surface area contributed by atoms with Crippen LogP contribution in [0.15, 0.2) is 36.9 Å². The molecule has 0 bridgehead atoms. The molecule has 0 saturated carbocycles. The Kier molecular flexibility index (Phi) is 7.46. The predicted octanol–water partition coefficient (Wildman–Crippen LogP) is 3.24. The Hall–Kier alpha value is -1.12. The molecule has 19 heavy (non-hydrogen) atoms. The summed E-state index contributed by atoms with van der Waals surface area (Å²) < 4.78 is 0. The van der Waals surface area contributed by atoms with Crippen LogP contribution in [0.4, 0.5) is 0 Å². The fourth-order valence-electron chi connectivity index (χ4n) is 2.08. The highest BCUT2D eigenvalue weighted by Crippen LogP contribution is 2.10. The van der Waals surface area contributed by atoms with Gasteiger partial charge in [-0.2, -0.15) is 0 Å². The summed E-state index contributed by atoms with van der Waals surface area (Å²) in [6, 6.07) is 9.55. The molecule has 1 aromatic carbocycles. The molecule has 1 aromatic rings. The van der Waals surface area contributed by atoms with Crippen LogP contribution in [0.25, 0.3) is 0 Å². The van der Waals surface area contributed by atoms with Gasteiger partial charge in [-0.25, -0.2) is 0 Å². The van der Waals surface area contributed by atoms with Crippen molar-refractivity contribution in [2.45, 2.75) is 39.8 Å². The first-order valence-corrected chi connectivity index (χ1v) is 7.30. The molecule has 2 heteroatoms. The molecule has 0 aromatic heterocycles. The average molecular weight is 260 g/mol. The SMILES string of the molecule is C=CCN(Cc1ccc(CCNCC)cc1)C(C)C. The summed E-state index contributed by atoms with van der Waals surface area (Å²) in [7, 11) is 0. The van der Waals surface area contributed by atoms with Gasteiger partial charge in [0, 0.05) is 19.1 Å². The van der Waals surface area contributed by atoms with Crippen molar-refractivity contribution in [1.29, 1.82) is 0 Å². The van der Waals surface area contributed by atoms with Crippen molar-refractivity contribution < 1.29 is 0 Å². The first-order chi connectivity index (χ1) is 9.17. The van der Waals surface area contributed by atoms with Gasteiger partial charge in [-0.1, -0.05) is 37.3 Å². The Morgan fingerprint density at radius 3 is 2.37 bits per heavy atom. The van der Waals surface area contributed by atoms with E-state index in [1.54, 1.807) is 0 Å². The van der Waals surface area contributed by atoms with Gasteiger partial charge in [-0.15, -0.1) is 6.58 Å². The number of hydrogen-bond donors (Lipinski definition) is 1. The van der Waals surface area contributed by atoms with Gasteiger partial charge in [-0.3, -0.25) is 4.90 Å². The van der Waals surface area contributed by atoms with Crippen molar-refractivity contribution in [2.24, 2.45) is 0 Å². The molecule has 0 aliphatic heterocycles. The number of likely N-dealkylation sites (N-methyl/N-ethyl adjacent to an activating group) is 1. The highest BCUT2D eigenvalue weighted by molar-refractivity contribution is 5.22. The summed E-state index contributed by atoms with van der Waals surface area (Å²) in [6.45, 7) is 14.5. The summed E-state index contributed by atoms with van der Waals surface area (Å²) >= 11 is 0. The fraction of sp³-hybridized carbons (Fsp3) is 0.529. The molecule has 106 valence electrons. The minimum Gasteiger partial charge on any atom is -0.317 e. The molecular formula is C17H28N2. The van der Waals surface area contributed by atoms with Crippen LogP contribution in [0.3, 0.4) is 0 Å². The van der Waals surface area contributed by atoms with Crippen LogP contribution in [0.2, 0.25) is 0 Å². The van der Waals surface area contributed by atoms with E-state index in [2.05, 4.69) is 61.8 Å². The molecule has 0 heterocycles. The highest BCUT2D eigenvalue weighted by atomic mass is 15.1. The van der Waals surface area contributed by atoms with E-state index in [0.717, 1.165) is 32.6 Å². The Bertz CT molecular complexity index is 354. The Labute approximate surface area is 118 Å². The Balaban J connectivity index is 2.52. The molecule has 0 saturated heterocycles. The molecule has 0 radical (unpaired) electrons. The Morgan fingerprint density at radius 1 is 1.21 bits per heavy atom. The van der Waals surface area contributed by atoms with Crippen LogP contribution in [-0.2, 0) is 13.0 Å². The van der Waals surface area contributed by atoms with E-state index in [1.165, 1.54) is 11.1 Å². The first kappa shape index (κ1) is 15.9. The normalized spacial score (nSPS) is 11.2. The zero-order valence-electron chi connectivity index (χ0n) is 12.7. The van der Waals surface area contributed by atoms with Crippen molar-refractivity contribution in [3.63, 3.8) is 0 Å². The molecule has 0 atom stereocenters. The smallest absolute Gasteiger partial charge is 0.0239 e. The summed E-state index contributed by atoms with van der Waals surface area (Å²) in [4.78, 5) is 2.42. The summed E-state index contributed by atoms with van der Waals surface area (Å²) in [5.74, 6) is 0. The van der Waals surface area contributed by atoms with Crippen molar-refractivity contribution in [2.75, 3.05) is 19.6 Å². The van der Waals surface area contributed by atoms with Crippen LogP contribution in [0.1, 0.15) is 31.9 Å². The van der Waals surface area contributed by atoms with Gasteiger partial charge in [0.15, 0.2) is 0 Å². The minimum absolute atomic E-state index is 0.548. The lowest BCUT2D eigenvalue weighted by Gasteiger charge is -2.25. The molecule has 0 aliphatic carbocycles. The number of benzene rings is 1. The lowest BCUT2D eigenvalue weighted by atomic mass is 10.1. The number of nitrogens with one attached hydrogen (secondary N) is 1. The molecular weight excluding hydrogens is 232 g/mol. The van der Waals surface area contributed by atoms with Crippen molar-refractivity contribution in [1.82, 2.24) is 10.2 Å². The van der Waals surface area contributed by atoms with Gasteiger partial charge < -0.3 is 5.32 Å². The fourth-order valence-corrected chi connectivity index (χ4v) is 2.08. The van der Waals surface area contributed by atoms with Gasteiger partial charge in [0.1, 0.15) is 0 Å². The second-order valence-electron chi connectivity index (χ2n) is 5.23. The third-order valence-electron chi connectivity index (χ3n) is 3.34. The van der Waals surface area contributed by atoms with Crippen molar-refractivity contribution in [3.8, 4) is 0 Å². The molecule has 0 unspecified atom stereocenters. The summed E-state index contributed by atoms with van der Waals surface area (Å²) in [6.07, 6.45) is 3.08. The molecule has 0 aliphatic rings. The third kappa shape index (κ3) is 6.04. The molecule has 1 N–H and O–H groups in total. The highest BCUT2D eigenvalue weighted by Gasteiger charge is 2.08. The topological polar surface area (TPSA) is 15.3 Å². The average Bonchev–Trinajstić information content (AvgIpc) is 2.40. The van der Waals surface area contributed by atoms with E-state index in [4.69, 9.17) is 0 Å². The van der Waals surface area contributed by atoms with E-state index >= 15 is 0 Å². The largest absolute Gasteiger partial charge is 0.317 e. The maximum absolute atomic E-state index is 3.83. The zero-order chi connectivity index (χ0) is 14.1. The second kappa shape index (κ2) is 8.89. The van der Waals surface area contributed by atoms with E-state index < -0.39 is 0 Å². The number of nitrogens with zero attached hydrogens (tertiary/aromatic N) is 1. The van der Waals surface area contributed by atoms with E-state index in [0.29, 0.717) is 6.04 Å². The zero-order valence-corrected chi connectivity index (χ0v) is 12.7. The molecule has 2 nitrogen and oxygen atoms in total. The number of rotatable bonds is 9. The van der Waals surface area contributed by atoms with Gasteiger partial charge in [0.05, 0.1) is 0 Å². The van der Waals surface area contributed by atoms with Crippen LogP contribution >= 0.6 is 0 Å². The van der Waals surface area contributed by atoms with Gasteiger partial charge in [-0.05, 0) is 44.5 Å². The van der Waals surface area contributed by atoms with Crippen LogP contribution in [-0.4, -0.2) is 30.6 Å². The summed E-state index contributed by atoms with van der Waals surface area (Å²) in [5, 5.41) is 3.36. The lowest BCUT2D eigenvalue weighted by molar-refractivity contribution is 0.237.